The molecule has 2 amide bonds. The Morgan fingerprint density at radius 3 is 2.58 bits per heavy atom. The fraction of sp³-hybridized carbons (Fsp3) is 0.368. The van der Waals surface area contributed by atoms with Crippen LogP contribution in [-0.4, -0.2) is 21.6 Å². The van der Waals surface area contributed by atoms with Gasteiger partial charge in [-0.05, 0) is 44.0 Å². The SMILES string of the molecule is CC(=O)Nc1cccc(NC(=O)CCc2c(C)nn(CCC#N)c2C)c1. The summed E-state index contributed by atoms with van der Waals surface area (Å²) in [6.45, 7) is 5.87. The normalized spacial score (nSPS) is 10.2. The maximum Gasteiger partial charge on any atom is 0.224 e. The van der Waals surface area contributed by atoms with Crippen LogP contribution < -0.4 is 10.6 Å². The van der Waals surface area contributed by atoms with Gasteiger partial charge in [-0.15, -0.1) is 0 Å². The van der Waals surface area contributed by atoms with Gasteiger partial charge in [0.15, 0.2) is 0 Å². The van der Waals surface area contributed by atoms with E-state index in [0.29, 0.717) is 37.2 Å². The van der Waals surface area contributed by atoms with Gasteiger partial charge in [-0.2, -0.15) is 10.4 Å². The molecule has 26 heavy (non-hydrogen) atoms. The molecule has 2 rings (SSSR count). The number of carbonyl (C=O) groups is 2. The topological polar surface area (TPSA) is 99.8 Å². The number of nitrogens with one attached hydrogen (secondary N) is 2. The highest BCUT2D eigenvalue weighted by atomic mass is 16.2. The average Bonchev–Trinajstić information content (AvgIpc) is 2.84. The summed E-state index contributed by atoms with van der Waals surface area (Å²) in [5.41, 5.74) is 4.21. The number of nitrogens with zero attached hydrogens (tertiary/aromatic N) is 3. The molecule has 0 saturated carbocycles. The zero-order chi connectivity index (χ0) is 19.1. The quantitative estimate of drug-likeness (QED) is 0.799. The molecule has 2 aromatic rings. The van der Waals surface area contributed by atoms with Crippen LogP contribution in [0.4, 0.5) is 11.4 Å². The summed E-state index contributed by atoms with van der Waals surface area (Å²) in [7, 11) is 0. The Kier molecular flexibility index (Phi) is 6.50. The van der Waals surface area contributed by atoms with E-state index in [-0.39, 0.29) is 11.8 Å². The molecule has 0 unspecified atom stereocenters. The molecule has 1 heterocycles. The van der Waals surface area contributed by atoms with E-state index in [1.165, 1.54) is 6.92 Å². The van der Waals surface area contributed by atoms with Crippen LogP contribution in [0, 0.1) is 25.2 Å². The lowest BCUT2D eigenvalue weighted by Gasteiger charge is -2.08. The molecule has 7 nitrogen and oxygen atoms in total. The number of nitriles is 1. The third-order valence-corrected chi connectivity index (χ3v) is 4.04. The van der Waals surface area contributed by atoms with Crippen LogP contribution in [0.15, 0.2) is 24.3 Å². The smallest absolute Gasteiger partial charge is 0.224 e. The molecule has 0 atom stereocenters. The van der Waals surface area contributed by atoms with E-state index in [9.17, 15) is 9.59 Å². The van der Waals surface area contributed by atoms with Crippen LogP contribution in [0.3, 0.4) is 0 Å². The van der Waals surface area contributed by atoms with Crippen molar-refractivity contribution < 1.29 is 9.59 Å². The van der Waals surface area contributed by atoms with Gasteiger partial charge in [-0.1, -0.05) is 6.07 Å². The van der Waals surface area contributed by atoms with Crippen molar-refractivity contribution in [3.63, 3.8) is 0 Å². The average molecular weight is 353 g/mol. The lowest BCUT2D eigenvalue weighted by molar-refractivity contribution is -0.116. The Bertz CT molecular complexity index is 848. The zero-order valence-electron chi connectivity index (χ0n) is 15.3. The summed E-state index contributed by atoms with van der Waals surface area (Å²) < 4.78 is 1.82. The van der Waals surface area contributed by atoms with Crippen LogP contribution in [0.1, 0.15) is 36.7 Å². The van der Waals surface area contributed by atoms with E-state index in [0.717, 1.165) is 17.0 Å². The molecule has 136 valence electrons. The minimum atomic E-state index is -0.159. The van der Waals surface area contributed by atoms with Crippen molar-refractivity contribution in [2.45, 2.75) is 46.6 Å². The number of carbonyl (C=O) groups excluding carboxylic acids is 2. The van der Waals surface area contributed by atoms with Gasteiger partial charge in [-0.25, -0.2) is 0 Å². The maximum absolute atomic E-state index is 12.3. The zero-order valence-corrected chi connectivity index (χ0v) is 15.3. The van der Waals surface area contributed by atoms with Crippen LogP contribution in [0.5, 0.6) is 0 Å². The van der Waals surface area contributed by atoms with Gasteiger partial charge < -0.3 is 10.6 Å². The molecule has 0 bridgehead atoms. The predicted octanol–water partition coefficient (Wildman–Crippen LogP) is 2.94. The number of aryl methyl sites for hydroxylation is 2. The summed E-state index contributed by atoms with van der Waals surface area (Å²) in [4.78, 5) is 23.4. The summed E-state index contributed by atoms with van der Waals surface area (Å²) in [6.07, 6.45) is 1.32. The molecule has 7 heteroatoms. The van der Waals surface area contributed by atoms with E-state index in [4.69, 9.17) is 5.26 Å². The van der Waals surface area contributed by atoms with Crippen molar-refractivity contribution in [1.29, 1.82) is 5.26 Å². The van der Waals surface area contributed by atoms with Gasteiger partial charge in [0.25, 0.3) is 0 Å². The van der Waals surface area contributed by atoms with Crippen LogP contribution in [0.25, 0.3) is 0 Å². The Labute approximate surface area is 153 Å². The monoisotopic (exact) mass is 353 g/mol. The largest absolute Gasteiger partial charge is 0.326 e. The fourth-order valence-corrected chi connectivity index (χ4v) is 2.81. The van der Waals surface area contributed by atoms with E-state index in [1.807, 2.05) is 18.5 Å². The standard InChI is InChI=1S/C19H23N5O2/c1-13-18(14(2)24(23-13)11-5-10-20)8-9-19(26)22-17-7-4-6-16(12-17)21-15(3)25/h4,6-7,12H,5,8-9,11H2,1-3H3,(H,21,25)(H,22,26). The molecule has 0 fully saturated rings. The number of benzene rings is 1. The molecule has 0 saturated heterocycles. The van der Waals surface area contributed by atoms with E-state index in [2.05, 4.69) is 21.8 Å². The number of rotatable bonds is 7. The minimum Gasteiger partial charge on any atom is -0.326 e. The first kappa shape index (κ1) is 19.2. The highest BCUT2D eigenvalue weighted by Crippen LogP contribution is 2.18. The lowest BCUT2D eigenvalue weighted by Crippen LogP contribution is -2.13. The van der Waals surface area contributed by atoms with Gasteiger partial charge in [0.1, 0.15) is 0 Å². The van der Waals surface area contributed by atoms with Gasteiger partial charge in [0, 0.05) is 30.4 Å². The summed E-state index contributed by atoms with van der Waals surface area (Å²) >= 11 is 0. The predicted molar refractivity (Wildman–Crippen MR) is 99.6 cm³/mol. The molecule has 1 aromatic carbocycles. The fourth-order valence-electron chi connectivity index (χ4n) is 2.81. The van der Waals surface area contributed by atoms with Crippen LogP contribution in [-0.2, 0) is 22.6 Å². The van der Waals surface area contributed by atoms with Crippen LogP contribution >= 0.6 is 0 Å². The molecule has 0 aliphatic heterocycles. The summed E-state index contributed by atoms with van der Waals surface area (Å²) in [5, 5.41) is 18.7. The number of aromatic nitrogens is 2. The second-order valence-electron chi connectivity index (χ2n) is 6.09. The molecule has 1 aromatic heterocycles. The highest BCUT2D eigenvalue weighted by Gasteiger charge is 2.13. The Balaban J connectivity index is 1.96. The first-order valence-corrected chi connectivity index (χ1v) is 8.48. The molecule has 0 radical (unpaired) electrons. The third-order valence-electron chi connectivity index (χ3n) is 4.04. The second-order valence-corrected chi connectivity index (χ2v) is 6.09. The Morgan fingerprint density at radius 2 is 1.92 bits per heavy atom. The lowest BCUT2D eigenvalue weighted by atomic mass is 10.1. The van der Waals surface area contributed by atoms with Gasteiger partial charge in [0.2, 0.25) is 11.8 Å². The molecular formula is C19H23N5O2. The van der Waals surface area contributed by atoms with Crippen molar-refractivity contribution in [1.82, 2.24) is 9.78 Å². The number of hydrogen-bond acceptors (Lipinski definition) is 4. The molecule has 0 aliphatic carbocycles. The van der Waals surface area contributed by atoms with Crippen molar-refractivity contribution in [2.75, 3.05) is 10.6 Å². The van der Waals surface area contributed by atoms with Gasteiger partial charge >= 0.3 is 0 Å². The number of hydrogen-bond donors (Lipinski definition) is 2. The molecule has 2 N–H and O–H groups in total. The van der Waals surface area contributed by atoms with E-state index >= 15 is 0 Å². The first-order chi connectivity index (χ1) is 12.4. The summed E-state index contributed by atoms with van der Waals surface area (Å²) in [5.74, 6) is -0.263. The Hall–Kier alpha value is -3.14. The van der Waals surface area contributed by atoms with Gasteiger partial charge in [-0.3, -0.25) is 14.3 Å². The molecule has 0 spiro atoms. The van der Waals surface area contributed by atoms with Crippen molar-refractivity contribution >= 4 is 23.2 Å². The van der Waals surface area contributed by atoms with Gasteiger partial charge in [0.05, 0.1) is 24.7 Å². The van der Waals surface area contributed by atoms with E-state index in [1.54, 1.807) is 24.3 Å². The second kappa shape index (κ2) is 8.81. The molecule has 0 aliphatic rings. The third kappa shape index (κ3) is 5.18. The van der Waals surface area contributed by atoms with Crippen LogP contribution in [0.2, 0.25) is 0 Å². The first-order valence-electron chi connectivity index (χ1n) is 8.48. The number of amides is 2. The van der Waals surface area contributed by atoms with Crippen molar-refractivity contribution in [3.8, 4) is 6.07 Å². The Morgan fingerprint density at radius 1 is 1.23 bits per heavy atom. The number of anilines is 2. The highest BCUT2D eigenvalue weighted by molar-refractivity contribution is 5.93. The van der Waals surface area contributed by atoms with Crippen molar-refractivity contribution in [3.05, 3.63) is 41.2 Å². The molecular weight excluding hydrogens is 330 g/mol. The maximum atomic E-state index is 12.3. The van der Waals surface area contributed by atoms with E-state index < -0.39 is 0 Å². The summed E-state index contributed by atoms with van der Waals surface area (Å²) in [6, 6.07) is 9.15. The minimum absolute atomic E-state index is 0.103. The van der Waals surface area contributed by atoms with Crippen molar-refractivity contribution in [2.24, 2.45) is 0 Å².